The first-order chi connectivity index (χ1) is 10.0. The highest BCUT2D eigenvalue weighted by Crippen LogP contribution is 2.22. The van der Waals surface area contributed by atoms with Crippen LogP contribution in [0.15, 0.2) is 24.4 Å². The molecule has 0 spiro atoms. The van der Waals surface area contributed by atoms with Crippen molar-refractivity contribution < 1.29 is 4.79 Å². The van der Waals surface area contributed by atoms with E-state index in [-0.39, 0.29) is 5.91 Å². The van der Waals surface area contributed by atoms with E-state index >= 15 is 0 Å². The Balaban J connectivity index is 2.25. The Hall–Kier alpha value is -2.01. The number of carbonyl (C=O) groups excluding carboxylic acids is 1. The third kappa shape index (κ3) is 3.76. The third-order valence-corrected chi connectivity index (χ3v) is 3.29. The van der Waals surface area contributed by atoms with Gasteiger partial charge in [0, 0.05) is 30.5 Å². The van der Waals surface area contributed by atoms with E-state index < -0.39 is 0 Å². The number of rotatable bonds is 5. The monoisotopic (exact) mass is 306 g/mol. The van der Waals surface area contributed by atoms with Crippen molar-refractivity contribution in [2.75, 3.05) is 17.2 Å². The number of anilines is 2. The van der Waals surface area contributed by atoms with Gasteiger partial charge in [0.25, 0.3) is 5.91 Å². The number of nitrogens with zero attached hydrogens (tertiary/aromatic N) is 2. The lowest BCUT2D eigenvalue weighted by Crippen LogP contribution is -2.15. The lowest BCUT2D eigenvalue weighted by Gasteiger charge is -2.12. The van der Waals surface area contributed by atoms with Crippen LogP contribution in [0, 0.1) is 6.92 Å². The average molecular weight is 307 g/mol. The first kappa shape index (κ1) is 15.4. The maximum Gasteiger partial charge on any atom is 0.257 e. The van der Waals surface area contributed by atoms with E-state index in [1.165, 1.54) is 0 Å². The lowest BCUT2D eigenvalue weighted by molar-refractivity contribution is 0.102. The first-order valence-electron chi connectivity index (χ1n) is 6.86. The van der Waals surface area contributed by atoms with Crippen molar-refractivity contribution in [2.45, 2.75) is 20.3 Å². The number of carbonyl (C=O) groups is 1. The highest BCUT2D eigenvalue weighted by Gasteiger charge is 2.14. The summed E-state index contributed by atoms with van der Waals surface area (Å²) >= 11 is 6.01. The van der Waals surface area contributed by atoms with Crippen LogP contribution in [0.3, 0.4) is 0 Å². The highest BCUT2D eigenvalue weighted by molar-refractivity contribution is 6.31. The van der Waals surface area contributed by atoms with E-state index in [1.54, 1.807) is 23.0 Å². The van der Waals surface area contributed by atoms with Crippen LogP contribution in [0.2, 0.25) is 5.02 Å². The van der Waals surface area contributed by atoms with Gasteiger partial charge in [-0.25, -0.2) is 0 Å². The lowest BCUT2D eigenvalue weighted by atomic mass is 10.1. The molecule has 2 rings (SSSR count). The number of hydrogen-bond acceptors (Lipinski definition) is 3. The number of nitrogens with one attached hydrogen (secondary N) is 2. The second-order valence-electron chi connectivity index (χ2n) is 4.87. The van der Waals surface area contributed by atoms with Crippen molar-refractivity contribution in [3.05, 3.63) is 40.7 Å². The normalized spacial score (nSPS) is 10.5. The molecule has 0 bridgehead atoms. The third-order valence-electron chi connectivity index (χ3n) is 3.05. The van der Waals surface area contributed by atoms with E-state index in [0.29, 0.717) is 16.3 Å². The Morgan fingerprint density at radius 3 is 2.76 bits per heavy atom. The van der Waals surface area contributed by atoms with Gasteiger partial charge in [-0.3, -0.25) is 9.48 Å². The molecule has 0 saturated carbocycles. The van der Waals surface area contributed by atoms with E-state index in [2.05, 4.69) is 22.7 Å². The molecule has 0 aliphatic rings. The van der Waals surface area contributed by atoms with Crippen molar-refractivity contribution in [1.29, 1.82) is 0 Å². The van der Waals surface area contributed by atoms with Crippen LogP contribution >= 0.6 is 11.6 Å². The molecule has 1 heterocycles. The predicted molar refractivity (Wildman–Crippen MR) is 86.1 cm³/mol. The van der Waals surface area contributed by atoms with Crippen molar-refractivity contribution in [3.63, 3.8) is 0 Å². The molecular formula is C15H19ClN4O. The number of halogens is 1. The maximum atomic E-state index is 12.5. The summed E-state index contributed by atoms with van der Waals surface area (Å²) in [4.78, 5) is 12.5. The van der Waals surface area contributed by atoms with Gasteiger partial charge in [0.2, 0.25) is 0 Å². The minimum Gasteiger partial charge on any atom is -0.384 e. The van der Waals surface area contributed by atoms with Gasteiger partial charge in [0.05, 0.1) is 16.9 Å². The molecule has 21 heavy (non-hydrogen) atoms. The fourth-order valence-corrected chi connectivity index (χ4v) is 2.20. The number of amides is 1. The van der Waals surface area contributed by atoms with Crippen molar-refractivity contribution in [1.82, 2.24) is 9.78 Å². The molecule has 0 aliphatic carbocycles. The zero-order valence-electron chi connectivity index (χ0n) is 12.4. The minimum absolute atomic E-state index is 0.202. The Labute approximate surface area is 129 Å². The summed E-state index contributed by atoms with van der Waals surface area (Å²) in [5.74, 6) is -0.202. The number of benzene rings is 1. The van der Waals surface area contributed by atoms with Crippen LogP contribution in [-0.4, -0.2) is 22.2 Å². The van der Waals surface area contributed by atoms with E-state index in [4.69, 9.17) is 11.6 Å². The number of aryl methyl sites for hydroxylation is 2. The minimum atomic E-state index is -0.202. The zero-order chi connectivity index (χ0) is 15.4. The van der Waals surface area contributed by atoms with Gasteiger partial charge in [-0.1, -0.05) is 18.5 Å². The van der Waals surface area contributed by atoms with E-state index in [1.807, 2.05) is 20.0 Å². The molecule has 0 unspecified atom stereocenters. The number of hydrogen-bond donors (Lipinski definition) is 2. The van der Waals surface area contributed by atoms with Gasteiger partial charge in [-0.2, -0.15) is 5.10 Å². The second-order valence-corrected chi connectivity index (χ2v) is 5.31. The molecule has 2 aromatic rings. The molecule has 1 aromatic carbocycles. The van der Waals surface area contributed by atoms with Gasteiger partial charge in [0.15, 0.2) is 0 Å². The molecular weight excluding hydrogens is 288 g/mol. The van der Waals surface area contributed by atoms with Crippen molar-refractivity contribution in [3.8, 4) is 0 Å². The Morgan fingerprint density at radius 1 is 1.38 bits per heavy atom. The molecule has 6 heteroatoms. The molecule has 2 N–H and O–H groups in total. The molecule has 5 nitrogen and oxygen atoms in total. The van der Waals surface area contributed by atoms with Gasteiger partial charge in [0.1, 0.15) is 0 Å². The van der Waals surface area contributed by atoms with Gasteiger partial charge >= 0.3 is 0 Å². The first-order valence-corrected chi connectivity index (χ1v) is 7.24. The Bertz CT molecular complexity index is 651. The van der Waals surface area contributed by atoms with Crippen LogP contribution in [0.25, 0.3) is 0 Å². The van der Waals surface area contributed by atoms with Crippen molar-refractivity contribution in [2.24, 2.45) is 7.05 Å². The van der Waals surface area contributed by atoms with Gasteiger partial charge in [-0.05, 0) is 31.5 Å². The van der Waals surface area contributed by atoms with Crippen LogP contribution in [0.1, 0.15) is 29.4 Å². The Kier molecular flexibility index (Phi) is 4.85. The summed E-state index contributed by atoms with van der Waals surface area (Å²) in [7, 11) is 1.82. The summed E-state index contributed by atoms with van der Waals surface area (Å²) in [6.45, 7) is 4.72. The summed E-state index contributed by atoms with van der Waals surface area (Å²) in [5, 5.41) is 10.8. The largest absolute Gasteiger partial charge is 0.384 e. The summed E-state index contributed by atoms with van der Waals surface area (Å²) in [6.07, 6.45) is 2.75. The fraction of sp³-hybridized carbons (Fsp3) is 0.333. The zero-order valence-corrected chi connectivity index (χ0v) is 13.2. The maximum absolute atomic E-state index is 12.5. The molecule has 1 amide bonds. The van der Waals surface area contributed by atoms with Gasteiger partial charge < -0.3 is 10.6 Å². The summed E-state index contributed by atoms with van der Waals surface area (Å²) in [5.41, 5.74) is 2.78. The molecule has 0 atom stereocenters. The quantitative estimate of drug-likeness (QED) is 0.889. The van der Waals surface area contributed by atoms with Crippen LogP contribution in [0.4, 0.5) is 11.4 Å². The standard InChI is InChI=1S/C15H19ClN4O/c1-4-7-17-13-6-5-11(16)8-12(13)15(21)18-14-9-20(3)19-10(14)2/h5-6,8-9,17H,4,7H2,1-3H3,(H,18,21). The smallest absolute Gasteiger partial charge is 0.257 e. The van der Waals surface area contributed by atoms with Crippen LogP contribution in [-0.2, 0) is 7.05 Å². The van der Waals surface area contributed by atoms with Gasteiger partial charge in [-0.15, -0.1) is 0 Å². The highest BCUT2D eigenvalue weighted by atomic mass is 35.5. The molecule has 1 aromatic heterocycles. The molecule has 0 fully saturated rings. The van der Waals surface area contributed by atoms with Crippen molar-refractivity contribution >= 4 is 28.9 Å². The fourth-order valence-electron chi connectivity index (χ4n) is 2.03. The molecule has 0 saturated heterocycles. The molecule has 0 radical (unpaired) electrons. The molecule has 112 valence electrons. The topological polar surface area (TPSA) is 59.0 Å². The van der Waals surface area contributed by atoms with E-state index in [0.717, 1.165) is 24.3 Å². The number of aromatic nitrogens is 2. The summed E-state index contributed by atoms with van der Waals surface area (Å²) < 4.78 is 1.67. The second kappa shape index (κ2) is 6.63. The average Bonchev–Trinajstić information content (AvgIpc) is 2.75. The predicted octanol–water partition coefficient (Wildman–Crippen LogP) is 3.46. The van der Waals surface area contributed by atoms with Crippen LogP contribution in [0.5, 0.6) is 0 Å². The van der Waals surface area contributed by atoms with E-state index in [9.17, 15) is 4.79 Å². The SMILES string of the molecule is CCCNc1ccc(Cl)cc1C(=O)Nc1cn(C)nc1C. The summed E-state index contributed by atoms with van der Waals surface area (Å²) in [6, 6.07) is 5.26. The Morgan fingerprint density at radius 2 is 2.14 bits per heavy atom. The van der Waals surface area contributed by atoms with Crippen LogP contribution < -0.4 is 10.6 Å². The molecule has 0 aliphatic heterocycles.